The molecule has 1 N–H and O–H groups in total. The molecule has 0 saturated carbocycles. The van der Waals surface area contributed by atoms with Gasteiger partial charge in [0.05, 0.1) is 11.0 Å². The predicted octanol–water partition coefficient (Wildman–Crippen LogP) is 2.32. The summed E-state index contributed by atoms with van der Waals surface area (Å²) in [5.41, 5.74) is 3.05. The van der Waals surface area contributed by atoms with Crippen molar-refractivity contribution < 1.29 is 4.79 Å². The third-order valence-corrected chi connectivity index (χ3v) is 2.41. The molecule has 2 rings (SSSR count). The summed E-state index contributed by atoms with van der Waals surface area (Å²) >= 11 is 4.54. The summed E-state index contributed by atoms with van der Waals surface area (Å²) in [7, 11) is 0. The lowest BCUT2D eigenvalue weighted by atomic mass is 10.1. The van der Waals surface area contributed by atoms with Gasteiger partial charge in [-0.05, 0) is 23.8 Å². The van der Waals surface area contributed by atoms with E-state index in [0.717, 1.165) is 16.5 Å². The SMILES string of the molecule is O=C(C=Cc1cccc2ncccc12)NC=S. The van der Waals surface area contributed by atoms with Gasteiger partial charge in [0.2, 0.25) is 5.91 Å². The van der Waals surface area contributed by atoms with Crippen LogP contribution in [0.25, 0.3) is 17.0 Å². The number of nitrogens with zero attached hydrogens (tertiary/aromatic N) is 1. The van der Waals surface area contributed by atoms with Gasteiger partial charge in [-0.1, -0.05) is 30.4 Å². The average molecular weight is 242 g/mol. The molecule has 0 fully saturated rings. The second-order valence-electron chi connectivity index (χ2n) is 3.38. The minimum absolute atomic E-state index is 0.235. The highest BCUT2D eigenvalue weighted by Crippen LogP contribution is 2.17. The monoisotopic (exact) mass is 242 g/mol. The van der Waals surface area contributed by atoms with Crippen LogP contribution < -0.4 is 5.32 Å². The molecule has 1 aromatic heterocycles. The van der Waals surface area contributed by atoms with Crippen LogP contribution in [0.2, 0.25) is 0 Å². The molecule has 0 spiro atoms. The summed E-state index contributed by atoms with van der Waals surface area (Å²) in [5.74, 6) is -0.235. The zero-order valence-corrected chi connectivity index (χ0v) is 9.78. The first-order chi connectivity index (χ1) is 8.31. The Bertz CT molecular complexity index is 587. The van der Waals surface area contributed by atoms with Crippen LogP contribution in [0.4, 0.5) is 0 Å². The number of amides is 1. The number of hydrogen-bond acceptors (Lipinski definition) is 3. The quantitative estimate of drug-likeness (QED) is 0.663. The molecule has 1 heterocycles. The molecule has 17 heavy (non-hydrogen) atoms. The Morgan fingerprint density at radius 2 is 2.18 bits per heavy atom. The van der Waals surface area contributed by atoms with Crippen LogP contribution in [0, 0.1) is 0 Å². The first kappa shape index (κ1) is 11.4. The van der Waals surface area contributed by atoms with Crippen LogP contribution in [0.15, 0.2) is 42.6 Å². The Morgan fingerprint density at radius 1 is 1.29 bits per heavy atom. The van der Waals surface area contributed by atoms with Gasteiger partial charge in [0.1, 0.15) is 0 Å². The van der Waals surface area contributed by atoms with Crippen LogP contribution in [0.5, 0.6) is 0 Å². The Balaban J connectivity index is 2.36. The van der Waals surface area contributed by atoms with Gasteiger partial charge < -0.3 is 5.32 Å². The van der Waals surface area contributed by atoms with Gasteiger partial charge >= 0.3 is 0 Å². The highest BCUT2D eigenvalue weighted by Gasteiger charge is 1.98. The topological polar surface area (TPSA) is 42.0 Å². The molecule has 1 aromatic carbocycles. The molecule has 0 saturated heterocycles. The first-order valence-corrected chi connectivity index (χ1v) is 5.54. The maximum atomic E-state index is 11.2. The molecule has 4 heteroatoms. The van der Waals surface area contributed by atoms with Crippen LogP contribution in [0.1, 0.15) is 5.56 Å². The summed E-state index contributed by atoms with van der Waals surface area (Å²) in [4.78, 5) is 15.5. The van der Waals surface area contributed by atoms with E-state index in [-0.39, 0.29) is 5.91 Å². The van der Waals surface area contributed by atoms with E-state index in [1.807, 2.05) is 30.3 Å². The lowest BCUT2D eigenvalue weighted by molar-refractivity contribution is -0.115. The fourth-order valence-electron chi connectivity index (χ4n) is 1.54. The van der Waals surface area contributed by atoms with E-state index in [2.05, 4.69) is 22.5 Å². The van der Waals surface area contributed by atoms with Crippen LogP contribution in [0.3, 0.4) is 0 Å². The van der Waals surface area contributed by atoms with Gasteiger partial charge in [-0.3, -0.25) is 9.78 Å². The molecular weight excluding hydrogens is 232 g/mol. The van der Waals surface area contributed by atoms with Crippen LogP contribution >= 0.6 is 12.2 Å². The number of carbonyl (C=O) groups is 1. The standard InChI is InChI=1S/C13H10N2OS/c16-13(15-9-17)7-6-10-3-1-5-12-11(10)4-2-8-14-12/h1-9H,(H,15,16,17). The zero-order chi connectivity index (χ0) is 12.1. The Labute approximate surface area is 104 Å². The van der Waals surface area contributed by atoms with E-state index >= 15 is 0 Å². The van der Waals surface area contributed by atoms with Crippen molar-refractivity contribution in [3.8, 4) is 0 Å². The number of pyridine rings is 1. The summed E-state index contributed by atoms with van der Waals surface area (Å²) in [5, 5.41) is 3.43. The first-order valence-electron chi connectivity index (χ1n) is 5.07. The molecule has 0 aliphatic carbocycles. The third-order valence-electron chi connectivity index (χ3n) is 2.29. The fraction of sp³-hybridized carbons (Fsp3) is 0. The van der Waals surface area contributed by atoms with Crippen molar-refractivity contribution in [3.63, 3.8) is 0 Å². The fourth-order valence-corrected chi connectivity index (χ4v) is 1.66. The van der Waals surface area contributed by atoms with Crippen molar-refractivity contribution in [2.75, 3.05) is 0 Å². The maximum Gasteiger partial charge on any atom is 0.248 e. The van der Waals surface area contributed by atoms with Gasteiger partial charge in [0.15, 0.2) is 0 Å². The molecule has 0 aliphatic heterocycles. The lowest BCUT2D eigenvalue weighted by Crippen LogP contribution is -2.16. The minimum atomic E-state index is -0.235. The van der Waals surface area contributed by atoms with Crippen molar-refractivity contribution in [2.45, 2.75) is 0 Å². The Hall–Kier alpha value is -2.07. The average Bonchev–Trinajstić information content (AvgIpc) is 2.36. The number of rotatable bonds is 3. The number of carbonyl (C=O) groups excluding carboxylic acids is 1. The number of thiocarbonyl (C=S) groups is 1. The maximum absolute atomic E-state index is 11.2. The summed E-state index contributed by atoms with van der Waals surface area (Å²) in [6.45, 7) is 0. The molecule has 1 amide bonds. The molecule has 0 bridgehead atoms. The molecule has 0 unspecified atom stereocenters. The van der Waals surface area contributed by atoms with E-state index in [1.165, 1.54) is 11.6 Å². The molecule has 0 radical (unpaired) electrons. The van der Waals surface area contributed by atoms with E-state index in [0.29, 0.717) is 0 Å². The number of fused-ring (bicyclic) bond motifs is 1. The lowest BCUT2D eigenvalue weighted by Gasteiger charge is -2.00. The van der Waals surface area contributed by atoms with E-state index in [4.69, 9.17) is 0 Å². The Morgan fingerprint density at radius 3 is 3.00 bits per heavy atom. The van der Waals surface area contributed by atoms with Crippen LogP contribution in [-0.4, -0.2) is 16.4 Å². The van der Waals surface area contributed by atoms with Crippen LogP contribution in [-0.2, 0) is 4.79 Å². The van der Waals surface area contributed by atoms with E-state index < -0.39 is 0 Å². The largest absolute Gasteiger partial charge is 0.319 e. The highest BCUT2D eigenvalue weighted by molar-refractivity contribution is 7.78. The molecule has 3 nitrogen and oxygen atoms in total. The van der Waals surface area contributed by atoms with E-state index in [9.17, 15) is 4.79 Å². The zero-order valence-electron chi connectivity index (χ0n) is 8.96. The Kier molecular flexibility index (Phi) is 3.57. The summed E-state index contributed by atoms with van der Waals surface area (Å²) in [6, 6.07) is 9.62. The highest BCUT2D eigenvalue weighted by atomic mass is 32.1. The van der Waals surface area contributed by atoms with Crippen molar-refractivity contribution in [3.05, 3.63) is 48.2 Å². The molecule has 84 valence electrons. The molecule has 0 atom stereocenters. The molecule has 0 aliphatic rings. The van der Waals surface area contributed by atoms with E-state index in [1.54, 1.807) is 12.3 Å². The second-order valence-corrected chi connectivity index (χ2v) is 3.61. The third kappa shape index (κ3) is 2.73. The smallest absolute Gasteiger partial charge is 0.248 e. The summed E-state index contributed by atoms with van der Waals surface area (Å²) < 4.78 is 0. The number of nitrogens with one attached hydrogen (secondary N) is 1. The van der Waals surface area contributed by atoms with Crippen molar-refractivity contribution >= 4 is 40.6 Å². The number of hydrogen-bond donors (Lipinski definition) is 1. The van der Waals surface area contributed by atoms with Gasteiger partial charge in [0, 0.05) is 17.7 Å². The van der Waals surface area contributed by atoms with Gasteiger partial charge in [-0.25, -0.2) is 0 Å². The number of benzene rings is 1. The number of aromatic nitrogens is 1. The predicted molar refractivity (Wildman–Crippen MR) is 72.6 cm³/mol. The van der Waals surface area contributed by atoms with Crippen molar-refractivity contribution in [2.24, 2.45) is 0 Å². The van der Waals surface area contributed by atoms with Gasteiger partial charge in [-0.2, -0.15) is 0 Å². The molecule has 2 aromatic rings. The summed E-state index contributed by atoms with van der Waals surface area (Å²) in [6.07, 6.45) is 4.94. The minimum Gasteiger partial charge on any atom is -0.319 e. The van der Waals surface area contributed by atoms with Crippen molar-refractivity contribution in [1.29, 1.82) is 0 Å². The molecular formula is C13H10N2OS. The van der Waals surface area contributed by atoms with Gasteiger partial charge in [-0.15, -0.1) is 0 Å². The van der Waals surface area contributed by atoms with Crippen molar-refractivity contribution in [1.82, 2.24) is 10.3 Å². The second kappa shape index (κ2) is 5.32. The normalized spacial score (nSPS) is 10.6. The van der Waals surface area contributed by atoms with Gasteiger partial charge in [0.25, 0.3) is 0 Å².